The van der Waals surface area contributed by atoms with Crippen molar-refractivity contribution in [2.45, 2.75) is 25.4 Å². The molecule has 2 rings (SSSR count). The monoisotopic (exact) mass is 254 g/mol. The van der Waals surface area contributed by atoms with Crippen molar-refractivity contribution in [2.75, 3.05) is 20.3 Å². The van der Waals surface area contributed by atoms with Crippen LogP contribution in [-0.4, -0.2) is 37.1 Å². The molecular weight excluding hydrogens is 236 g/mol. The number of hydrogen-bond donors (Lipinski definition) is 1. The van der Waals surface area contributed by atoms with Crippen molar-refractivity contribution in [3.05, 3.63) is 21.9 Å². The number of nitrogens with zero attached hydrogens (tertiary/aromatic N) is 1. The summed E-state index contributed by atoms with van der Waals surface area (Å²) in [5.74, 6) is 0.132. The molecule has 1 fully saturated rings. The molecule has 5 heteroatoms. The maximum Gasteiger partial charge on any atom is 0.224 e. The number of nitrogens with two attached hydrogens (primary N) is 1. The molecule has 1 aromatic rings. The molecule has 2 atom stereocenters. The van der Waals surface area contributed by atoms with E-state index in [0.29, 0.717) is 19.6 Å². The molecule has 0 aliphatic carbocycles. The lowest BCUT2D eigenvalue weighted by Crippen LogP contribution is -2.35. The first-order valence-electron chi connectivity index (χ1n) is 5.73. The van der Waals surface area contributed by atoms with Crippen molar-refractivity contribution in [3.8, 4) is 0 Å². The number of carbonyl (C=O) groups excluding carboxylic acids is 1. The summed E-state index contributed by atoms with van der Waals surface area (Å²) in [6, 6.07) is 2.00. The standard InChI is InChI=1S/C12H18N2O2S/c1-8-3-6-17-12(8)11-9(13)7-10(15)14(11)4-5-16-2/h3,6,9,11H,4-5,7,13H2,1-2H3. The molecule has 1 aliphatic heterocycles. The number of thiophene rings is 1. The van der Waals surface area contributed by atoms with Crippen molar-refractivity contribution in [2.24, 2.45) is 5.73 Å². The third-order valence-corrected chi connectivity index (χ3v) is 4.27. The van der Waals surface area contributed by atoms with E-state index in [9.17, 15) is 4.79 Å². The summed E-state index contributed by atoms with van der Waals surface area (Å²) < 4.78 is 5.05. The van der Waals surface area contributed by atoms with Gasteiger partial charge in [-0.3, -0.25) is 4.79 Å². The quantitative estimate of drug-likeness (QED) is 0.881. The van der Waals surface area contributed by atoms with Crippen LogP contribution in [0.2, 0.25) is 0 Å². The number of carbonyl (C=O) groups is 1. The van der Waals surface area contributed by atoms with E-state index in [1.54, 1.807) is 18.4 Å². The van der Waals surface area contributed by atoms with Crippen molar-refractivity contribution in [1.29, 1.82) is 0 Å². The molecule has 1 aliphatic rings. The Morgan fingerprint density at radius 2 is 2.41 bits per heavy atom. The third-order valence-electron chi connectivity index (χ3n) is 3.18. The fourth-order valence-corrected chi connectivity index (χ4v) is 3.41. The SMILES string of the molecule is COCCN1C(=O)CC(N)C1c1sccc1C. The van der Waals surface area contributed by atoms with Crippen LogP contribution in [0.4, 0.5) is 0 Å². The van der Waals surface area contributed by atoms with Crippen molar-refractivity contribution in [3.63, 3.8) is 0 Å². The summed E-state index contributed by atoms with van der Waals surface area (Å²) >= 11 is 1.68. The van der Waals surface area contributed by atoms with E-state index in [1.807, 2.05) is 4.90 Å². The Labute approximate surface area is 105 Å². The van der Waals surface area contributed by atoms with Gasteiger partial charge in [0.1, 0.15) is 0 Å². The first-order chi connectivity index (χ1) is 8.15. The summed E-state index contributed by atoms with van der Waals surface area (Å²) in [4.78, 5) is 15.0. The van der Waals surface area contributed by atoms with Gasteiger partial charge in [0.25, 0.3) is 0 Å². The summed E-state index contributed by atoms with van der Waals surface area (Å²) in [5.41, 5.74) is 7.31. The zero-order chi connectivity index (χ0) is 12.4. The minimum atomic E-state index is -0.100. The Kier molecular flexibility index (Phi) is 3.81. The summed E-state index contributed by atoms with van der Waals surface area (Å²) in [7, 11) is 1.64. The zero-order valence-electron chi connectivity index (χ0n) is 10.2. The molecule has 0 aromatic carbocycles. The highest BCUT2D eigenvalue weighted by atomic mass is 32.1. The average Bonchev–Trinajstić information content (AvgIpc) is 2.80. The lowest BCUT2D eigenvalue weighted by Gasteiger charge is -2.26. The lowest BCUT2D eigenvalue weighted by molar-refractivity contribution is -0.129. The largest absolute Gasteiger partial charge is 0.383 e. The maximum absolute atomic E-state index is 11.9. The molecule has 1 aromatic heterocycles. The van der Waals surface area contributed by atoms with E-state index >= 15 is 0 Å². The number of hydrogen-bond acceptors (Lipinski definition) is 4. The van der Waals surface area contributed by atoms with Crippen LogP contribution in [0.5, 0.6) is 0 Å². The number of rotatable bonds is 4. The van der Waals surface area contributed by atoms with Crippen molar-refractivity contribution >= 4 is 17.2 Å². The molecule has 2 unspecified atom stereocenters. The Hall–Kier alpha value is -0.910. The molecule has 0 bridgehead atoms. The predicted octanol–water partition coefficient (Wildman–Crippen LogP) is 1.30. The second-order valence-corrected chi connectivity index (χ2v) is 5.31. The molecule has 1 amide bonds. The normalized spacial score (nSPS) is 24.6. The van der Waals surface area contributed by atoms with Crippen LogP contribution in [0.15, 0.2) is 11.4 Å². The van der Waals surface area contributed by atoms with Crippen molar-refractivity contribution < 1.29 is 9.53 Å². The minimum absolute atomic E-state index is 0.0256. The number of aryl methyl sites for hydroxylation is 1. The van der Waals surface area contributed by atoms with Gasteiger partial charge in [-0.2, -0.15) is 0 Å². The van der Waals surface area contributed by atoms with Gasteiger partial charge in [-0.1, -0.05) is 0 Å². The van der Waals surface area contributed by atoms with Gasteiger partial charge in [0, 0.05) is 31.0 Å². The third kappa shape index (κ3) is 2.36. The smallest absolute Gasteiger partial charge is 0.224 e. The molecule has 94 valence electrons. The number of methoxy groups -OCH3 is 1. The fraction of sp³-hybridized carbons (Fsp3) is 0.583. The molecule has 1 saturated heterocycles. The van der Waals surface area contributed by atoms with Crippen LogP contribution in [0.3, 0.4) is 0 Å². The van der Waals surface area contributed by atoms with Crippen LogP contribution < -0.4 is 5.73 Å². The molecule has 17 heavy (non-hydrogen) atoms. The number of amides is 1. The van der Waals surface area contributed by atoms with Crippen LogP contribution in [-0.2, 0) is 9.53 Å². The van der Waals surface area contributed by atoms with E-state index in [4.69, 9.17) is 10.5 Å². The lowest BCUT2D eigenvalue weighted by atomic mass is 10.1. The van der Waals surface area contributed by atoms with Crippen LogP contribution in [0.25, 0.3) is 0 Å². The first kappa shape index (κ1) is 12.5. The number of likely N-dealkylation sites (tertiary alicyclic amines) is 1. The Balaban J connectivity index is 2.23. The van der Waals surface area contributed by atoms with Crippen LogP contribution in [0, 0.1) is 6.92 Å². The molecule has 0 spiro atoms. The topological polar surface area (TPSA) is 55.6 Å². The Bertz CT molecular complexity index is 405. The van der Waals surface area contributed by atoms with E-state index in [1.165, 1.54) is 10.4 Å². The highest BCUT2D eigenvalue weighted by Crippen LogP contribution is 2.36. The molecule has 2 N–H and O–H groups in total. The van der Waals surface area contributed by atoms with E-state index in [0.717, 1.165) is 0 Å². The second kappa shape index (κ2) is 5.16. The zero-order valence-corrected chi connectivity index (χ0v) is 11.0. The van der Waals surface area contributed by atoms with Gasteiger partial charge in [0.05, 0.1) is 12.6 Å². The highest BCUT2D eigenvalue weighted by Gasteiger charge is 2.39. The summed E-state index contributed by atoms with van der Waals surface area (Å²) in [6.45, 7) is 3.24. The number of ether oxygens (including phenoxy) is 1. The Morgan fingerprint density at radius 1 is 1.65 bits per heavy atom. The van der Waals surface area contributed by atoms with Gasteiger partial charge < -0.3 is 15.4 Å². The van der Waals surface area contributed by atoms with Gasteiger partial charge in [-0.15, -0.1) is 11.3 Å². The summed E-state index contributed by atoms with van der Waals surface area (Å²) in [6.07, 6.45) is 0.436. The van der Waals surface area contributed by atoms with Crippen LogP contribution in [0.1, 0.15) is 22.9 Å². The van der Waals surface area contributed by atoms with Gasteiger partial charge in [-0.05, 0) is 23.9 Å². The van der Waals surface area contributed by atoms with Gasteiger partial charge >= 0.3 is 0 Å². The molecular formula is C12H18N2O2S. The minimum Gasteiger partial charge on any atom is -0.383 e. The van der Waals surface area contributed by atoms with Crippen LogP contribution >= 0.6 is 11.3 Å². The molecule has 0 saturated carbocycles. The molecule has 2 heterocycles. The highest BCUT2D eigenvalue weighted by molar-refractivity contribution is 7.10. The van der Waals surface area contributed by atoms with Gasteiger partial charge in [0.15, 0.2) is 0 Å². The van der Waals surface area contributed by atoms with E-state index < -0.39 is 0 Å². The van der Waals surface area contributed by atoms with E-state index in [2.05, 4.69) is 18.4 Å². The van der Waals surface area contributed by atoms with E-state index in [-0.39, 0.29) is 18.0 Å². The average molecular weight is 254 g/mol. The van der Waals surface area contributed by atoms with Gasteiger partial charge in [0.2, 0.25) is 5.91 Å². The summed E-state index contributed by atoms with van der Waals surface area (Å²) in [5, 5.41) is 2.05. The molecule has 4 nitrogen and oxygen atoms in total. The fourth-order valence-electron chi connectivity index (χ4n) is 2.29. The predicted molar refractivity (Wildman–Crippen MR) is 68.0 cm³/mol. The maximum atomic E-state index is 11.9. The Morgan fingerprint density at radius 3 is 3.00 bits per heavy atom. The van der Waals surface area contributed by atoms with Crippen molar-refractivity contribution in [1.82, 2.24) is 4.90 Å². The second-order valence-electron chi connectivity index (χ2n) is 4.36. The van der Waals surface area contributed by atoms with Gasteiger partial charge in [-0.25, -0.2) is 0 Å². The first-order valence-corrected chi connectivity index (χ1v) is 6.61. The molecule has 0 radical (unpaired) electrons.